The summed E-state index contributed by atoms with van der Waals surface area (Å²) in [5.41, 5.74) is 22.9. The van der Waals surface area contributed by atoms with Crippen LogP contribution in [0.4, 0.5) is 39.8 Å². The molecular weight excluding hydrogens is 850 g/mol. The highest BCUT2D eigenvalue weighted by Crippen LogP contribution is 2.45. The molecule has 0 N–H and O–H groups in total. The zero-order valence-electron chi connectivity index (χ0n) is 43.1. The Morgan fingerprint density at radius 2 is 0.800 bits per heavy atom. The van der Waals surface area contributed by atoms with Gasteiger partial charge in [0.25, 0.3) is 6.71 Å². The SMILES string of the molecule is CCCc1ccc(N(c2ccc(C(C)(C)C)cc2)c2ccc3c4c2ccn4-c2cc(N(CC)CC)cc4c2B3c2ccc(N(c3ccc(CCC)cc3)c3ccc(C(C)(C)C)cc3)c3ccn-4c23)cc1. The molecule has 9 aromatic rings. The highest BCUT2D eigenvalue weighted by Gasteiger charge is 2.41. The maximum Gasteiger partial charge on any atom is 0.252 e. The number of aryl methyl sites for hydroxylation is 2. The van der Waals surface area contributed by atoms with Gasteiger partial charge in [-0.25, -0.2) is 0 Å². The topological polar surface area (TPSA) is 19.6 Å². The van der Waals surface area contributed by atoms with Gasteiger partial charge in [0.05, 0.1) is 22.4 Å². The summed E-state index contributed by atoms with van der Waals surface area (Å²) < 4.78 is 5.01. The van der Waals surface area contributed by atoms with Gasteiger partial charge in [-0.3, -0.25) is 0 Å². The Morgan fingerprint density at radius 1 is 0.429 bits per heavy atom. The largest absolute Gasteiger partial charge is 0.372 e. The van der Waals surface area contributed by atoms with E-state index in [1.807, 2.05) is 0 Å². The molecule has 5 nitrogen and oxygen atoms in total. The molecular formula is C64H68BN5. The fourth-order valence-corrected chi connectivity index (χ4v) is 11.6. The van der Waals surface area contributed by atoms with Gasteiger partial charge in [0.1, 0.15) is 0 Å². The van der Waals surface area contributed by atoms with Crippen molar-refractivity contribution in [3.8, 4) is 11.4 Å². The van der Waals surface area contributed by atoms with Gasteiger partial charge in [-0.15, -0.1) is 0 Å². The van der Waals surface area contributed by atoms with Crippen LogP contribution in [0.1, 0.15) is 104 Å². The van der Waals surface area contributed by atoms with Crippen molar-refractivity contribution in [1.29, 1.82) is 0 Å². The Balaban J connectivity index is 1.13. The molecule has 2 aliphatic rings. The van der Waals surface area contributed by atoms with Crippen LogP contribution in [0.25, 0.3) is 33.2 Å². The van der Waals surface area contributed by atoms with Crippen molar-refractivity contribution >= 4 is 84.7 Å². The van der Waals surface area contributed by atoms with E-state index in [2.05, 4.69) is 251 Å². The lowest BCUT2D eigenvalue weighted by atomic mass is 9.34. The van der Waals surface area contributed by atoms with Crippen molar-refractivity contribution in [2.24, 2.45) is 0 Å². The van der Waals surface area contributed by atoms with Gasteiger partial charge in [-0.05, 0) is 161 Å². The fraction of sp³-hybridized carbons (Fsp3) is 0.281. The summed E-state index contributed by atoms with van der Waals surface area (Å²) in [5, 5.41) is 2.50. The summed E-state index contributed by atoms with van der Waals surface area (Å²) in [7, 11) is 0. The molecule has 2 aromatic heterocycles. The van der Waals surface area contributed by atoms with E-state index >= 15 is 0 Å². The maximum atomic E-state index is 2.51. The van der Waals surface area contributed by atoms with Crippen LogP contribution < -0.4 is 31.1 Å². The second kappa shape index (κ2) is 17.5. The van der Waals surface area contributed by atoms with Crippen molar-refractivity contribution in [1.82, 2.24) is 9.13 Å². The van der Waals surface area contributed by atoms with Crippen LogP contribution in [0.15, 0.2) is 158 Å². The molecule has 2 aliphatic heterocycles. The molecule has 0 aliphatic carbocycles. The number of aromatic nitrogens is 2. The molecule has 0 bridgehead atoms. The van der Waals surface area contributed by atoms with E-state index in [1.54, 1.807) is 0 Å². The number of hydrogen-bond acceptors (Lipinski definition) is 3. The molecule has 4 heterocycles. The molecule has 7 aromatic carbocycles. The zero-order valence-corrected chi connectivity index (χ0v) is 43.1. The van der Waals surface area contributed by atoms with E-state index < -0.39 is 0 Å². The van der Waals surface area contributed by atoms with Crippen molar-refractivity contribution in [3.05, 3.63) is 180 Å². The minimum absolute atomic E-state index is 0.0364. The second-order valence-corrected chi connectivity index (χ2v) is 21.8. The van der Waals surface area contributed by atoms with Crippen LogP contribution in [0, 0.1) is 0 Å². The number of anilines is 7. The quantitative estimate of drug-likeness (QED) is 0.107. The van der Waals surface area contributed by atoms with Crippen LogP contribution in [0.3, 0.4) is 0 Å². The summed E-state index contributed by atoms with van der Waals surface area (Å²) >= 11 is 0. The van der Waals surface area contributed by atoms with Crippen molar-refractivity contribution < 1.29 is 0 Å². The van der Waals surface area contributed by atoms with Crippen molar-refractivity contribution in [2.45, 2.75) is 106 Å². The number of rotatable bonds is 13. The van der Waals surface area contributed by atoms with E-state index in [4.69, 9.17) is 0 Å². The number of hydrogen-bond donors (Lipinski definition) is 0. The minimum atomic E-state index is 0.0364. The molecule has 0 spiro atoms. The normalized spacial score (nSPS) is 12.7. The van der Waals surface area contributed by atoms with Crippen LogP contribution >= 0.6 is 0 Å². The van der Waals surface area contributed by atoms with Crippen LogP contribution in [0.2, 0.25) is 0 Å². The number of nitrogens with zero attached hydrogens (tertiary/aromatic N) is 5. The lowest BCUT2D eigenvalue weighted by molar-refractivity contribution is 0.590. The van der Waals surface area contributed by atoms with E-state index in [9.17, 15) is 0 Å². The van der Waals surface area contributed by atoms with Gasteiger partial charge in [-0.2, -0.15) is 0 Å². The van der Waals surface area contributed by atoms with Gasteiger partial charge in [-0.1, -0.05) is 129 Å². The first kappa shape index (κ1) is 45.5. The van der Waals surface area contributed by atoms with Crippen LogP contribution in [-0.2, 0) is 23.7 Å². The third kappa shape index (κ3) is 7.53. The molecule has 0 saturated heterocycles. The summed E-state index contributed by atoms with van der Waals surface area (Å²) in [6, 6.07) is 56.4. The van der Waals surface area contributed by atoms with Crippen molar-refractivity contribution in [3.63, 3.8) is 0 Å². The van der Waals surface area contributed by atoms with Crippen LogP contribution in [0.5, 0.6) is 0 Å². The standard InChI is InChI=1S/C64H68BN5/c1-11-15-43-17-25-47(26-18-43)69(49-29-21-45(22-30-49)63(5,6)7)56-35-33-54-61-52(56)37-39-67(61)58-41-51(66(13-3)14-4)42-59-60(58)65(54)55-34-36-57(53-38-40-68(59)62(53)55)70(48-27-19-44(16-12-2)20-28-48)50-31-23-46(24-32-50)64(8,9)10/h17-42H,11-16H2,1-10H3. The second-order valence-electron chi connectivity index (χ2n) is 21.8. The first-order valence-corrected chi connectivity index (χ1v) is 26.0. The van der Waals surface area contributed by atoms with Gasteiger partial charge in [0, 0.05) is 76.1 Å². The van der Waals surface area contributed by atoms with Gasteiger partial charge in [0.15, 0.2) is 0 Å². The van der Waals surface area contributed by atoms with Gasteiger partial charge in [0.2, 0.25) is 0 Å². The monoisotopic (exact) mass is 918 g/mol. The average Bonchev–Trinajstić information content (AvgIpc) is 4.01. The Hall–Kier alpha value is -6.92. The first-order chi connectivity index (χ1) is 33.8. The minimum Gasteiger partial charge on any atom is -0.372 e. The molecule has 0 fully saturated rings. The Morgan fingerprint density at radius 3 is 1.14 bits per heavy atom. The fourth-order valence-electron chi connectivity index (χ4n) is 11.6. The van der Waals surface area contributed by atoms with E-state index in [1.165, 1.54) is 100 Å². The third-order valence-electron chi connectivity index (χ3n) is 15.3. The van der Waals surface area contributed by atoms with E-state index in [0.29, 0.717) is 0 Å². The predicted molar refractivity (Wildman–Crippen MR) is 303 cm³/mol. The Labute approximate surface area is 417 Å². The summed E-state index contributed by atoms with van der Waals surface area (Å²) in [5.74, 6) is 0. The lowest BCUT2D eigenvalue weighted by Crippen LogP contribution is -2.59. The van der Waals surface area contributed by atoms with E-state index in [-0.39, 0.29) is 17.5 Å². The molecule has 0 atom stereocenters. The predicted octanol–water partition coefficient (Wildman–Crippen LogP) is 15.0. The maximum absolute atomic E-state index is 2.51. The van der Waals surface area contributed by atoms with Gasteiger partial charge >= 0.3 is 0 Å². The third-order valence-corrected chi connectivity index (χ3v) is 15.3. The molecule has 0 radical (unpaired) electrons. The van der Waals surface area contributed by atoms with Crippen LogP contribution in [-0.4, -0.2) is 28.9 Å². The van der Waals surface area contributed by atoms with E-state index in [0.717, 1.165) is 50.1 Å². The summed E-state index contributed by atoms with van der Waals surface area (Å²) in [4.78, 5) is 7.46. The molecule has 0 saturated carbocycles. The Kier molecular flexibility index (Phi) is 11.4. The highest BCUT2D eigenvalue weighted by molar-refractivity contribution is 7.00. The summed E-state index contributed by atoms with van der Waals surface area (Å²) in [6.07, 6.45) is 9.08. The molecule has 70 heavy (non-hydrogen) atoms. The molecule has 11 rings (SSSR count). The van der Waals surface area contributed by atoms with Gasteiger partial charge < -0.3 is 23.8 Å². The number of fused-ring (bicyclic) bond motifs is 4. The molecule has 352 valence electrons. The lowest BCUT2D eigenvalue weighted by Gasteiger charge is -2.36. The highest BCUT2D eigenvalue weighted by atomic mass is 15.2. The average molecular weight is 918 g/mol. The number of benzene rings is 7. The zero-order chi connectivity index (χ0) is 48.6. The Bertz CT molecular complexity index is 3160. The molecule has 6 heteroatoms. The van der Waals surface area contributed by atoms with Crippen molar-refractivity contribution in [2.75, 3.05) is 27.8 Å². The smallest absolute Gasteiger partial charge is 0.252 e. The molecule has 0 unspecified atom stereocenters. The summed E-state index contributed by atoms with van der Waals surface area (Å²) in [6.45, 7) is 24.7. The first-order valence-electron chi connectivity index (χ1n) is 26.0. The molecule has 0 amide bonds.